The molecule has 0 aromatic heterocycles. The number of fused-ring (bicyclic) bond motifs is 6. The van der Waals surface area contributed by atoms with E-state index in [1.54, 1.807) is 0 Å². The Labute approximate surface area is 65.7 Å². The van der Waals surface area contributed by atoms with E-state index in [0.717, 1.165) is 13.0 Å². The lowest BCUT2D eigenvalue weighted by molar-refractivity contribution is -0.136. The van der Waals surface area contributed by atoms with Crippen molar-refractivity contribution in [2.45, 2.75) is 31.5 Å². The van der Waals surface area contributed by atoms with Gasteiger partial charge in [0.25, 0.3) is 0 Å². The Hall–Kier alpha value is -0.570. The molecule has 1 amide bonds. The molecule has 4 bridgehead atoms. The second-order valence-corrected chi connectivity index (χ2v) is 3.79. The van der Waals surface area contributed by atoms with E-state index in [0.29, 0.717) is 24.0 Å². The minimum Gasteiger partial charge on any atom is -0.327 e. The fraction of sp³-hybridized carbons (Fsp3) is 0.875. The van der Waals surface area contributed by atoms with E-state index in [1.807, 2.05) is 4.90 Å². The van der Waals surface area contributed by atoms with Gasteiger partial charge in [0.1, 0.15) is 0 Å². The van der Waals surface area contributed by atoms with Gasteiger partial charge in [-0.3, -0.25) is 10.1 Å². The van der Waals surface area contributed by atoms with E-state index in [9.17, 15) is 4.79 Å². The van der Waals surface area contributed by atoms with Gasteiger partial charge in [-0.15, -0.1) is 0 Å². The van der Waals surface area contributed by atoms with Gasteiger partial charge in [-0.2, -0.15) is 0 Å². The van der Waals surface area contributed by atoms with Crippen LogP contribution in [-0.4, -0.2) is 29.6 Å². The standard InChI is InChI=1S/C8H12N2O/c11-8-5-3-4-10(8)7-2-1-6(5)9-7/h5-7,9H,1-4H2. The molecule has 0 aliphatic carbocycles. The summed E-state index contributed by atoms with van der Waals surface area (Å²) in [5.41, 5.74) is 0. The Morgan fingerprint density at radius 1 is 1.36 bits per heavy atom. The molecule has 0 spiro atoms. The lowest BCUT2D eigenvalue weighted by Gasteiger charge is -2.30. The van der Waals surface area contributed by atoms with Crippen molar-refractivity contribution in [3.8, 4) is 0 Å². The Morgan fingerprint density at radius 3 is 3.18 bits per heavy atom. The van der Waals surface area contributed by atoms with E-state index in [4.69, 9.17) is 0 Å². The fourth-order valence-electron chi connectivity index (χ4n) is 2.72. The average molecular weight is 152 g/mol. The molecule has 3 saturated heterocycles. The van der Waals surface area contributed by atoms with Crippen LogP contribution in [-0.2, 0) is 4.79 Å². The van der Waals surface area contributed by atoms with Crippen molar-refractivity contribution in [3.63, 3.8) is 0 Å². The van der Waals surface area contributed by atoms with Gasteiger partial charge in [0.05, 0.1) is 12.1 Å². The molecule has 3 aliphatic rings. The third-order valence-corrected chi connectivity index (χ3v) is 3.30. The van der Waals surface area contributed by atoms with Crippen LogP contribution in [0.3, 0.4) is 0 Å². The average Bonchev–Trinajstić information content (AvgIpc) is 2.42. The Kier molecular flexibility index (Phi) is 0.969. The highest BCUT2D eigenvalue weighted by molar-refractivity contribution is 5.83. The van der Waals surface area contributed by atoms with Gasteiger partial charge < -0.3 is 4.90 Å². The third kappa shape index (κ3) is 0.601. The smallest absolute Gasteiger partial charge is 0.228 e. The number of rotatable bonds is 0. The van der Waals surface area contributed by atoms with Gasteiger partial charge in [-0.05, 0) is 19.3 Å². The van der Waals surface area contributed by atoms with Crippen molar-refractivity contribution in [1.82, 2.24) is 10.2 Å². The first-order valence-electron chi connectivity index (χ1n) is 4.43. The summed E-state index contributed by atoms with van der Waals surface area (Å²) in [6.07, 6.45) is 3.86. The minimum atomic E-state index is 0.328. The number of nitrogens with zero attached hydrogens (tertiary/aromatic N) is 1. The first kappa shape index (κ1) is 6.00. The number of carbonyl (C=O) groups is 1. The summed E-state index contributed by atoms with van der Waals surface area (Å²) in [5.74, 6) is 0.741. The molecule has 11 heavy (non-hydrogen) atoms. The molecule has 3 rings (SSSR count). The maximum Gasteiger partial charge on any atom is 0.228 e. The maximum absolute atomic E-state index is 11.5. The molecule has 3 heterocycles. The van der Waals surface area contributed by atoms with Crippen LogP contribution in [0.5, 0.6) is 0 Å². The summed E-state index contributed by atoms with van der Waals surface area (Å²) in [5, 5.41) is 3.49. The van der Waals surface area contributed by atoms with Gasteiger partial charge in [0.15, 0.2) is 0 Å². The Balaban J connectivity index is 2.03. The van der Waals surface area contributed by atoms with Gasteiger partial charge >= 0.3 is 0 Å². The summed E-state index contributed by atoms with van der Waals surface area (Å²) in [4.78, 5) is 13.6. The molecule has 3 nitrogen and oxygen atoms in total. The number of nitrogens with one attached hydrogen (secondary N) is 1. The highest BCUT2D eigenvalue weighted by Crippen LogP contribution is 2.36. The van der Waals surface area contributed by atoms with Gasteiger partial charge in [-0.1, -0.05) is 0 Å². The van der Waals surface area contributed by atoms with Crippen LogP contribution in [0.4, 0.5) is 0 Å². The van der Waals surface area contributed by atoms with Crippen LogP contribution in [0.1, 0.15) is 19.3 Å². The summed E-state index contributed by atoms with van der Waals surface area (Å²) in [6, 6.07) is 0.520. The van der Waals surface area contributed by atoms with Crippen LogP contribution in [0, 0.1) is 5.92 Å². The second kappa shape index (κ2) is 1.78. The third-order valence-electron chi connectivity index (χ3n) is 3.30. The van der Waals surface area contributed by atoms with Gasteiger partial charge in [-0.25, -0.2) is 0 Å². The van der Waals surface area contributed by atoms with Crippen LogP contribution >= 0.6 is 0 Å². The summed E-state index contributed by atoms with van der Waals surface area (Å²) >= 11 is 0. The largest absolute Gasteiger partial charge is 0.327 e. The molecule has 0 aromatic carbocycles. The van der Waals surface area contributed by atoms with E-state index < -0.39 is 0 Å². The molecule has 1 N–H and O–H groups in total. The summed E-state index contributed by atoms with van der Waals surface area (Å²) in [6.45, 7) is 0.998. The Morgan fingerprint density at radius 2 is 2.27 bits per heavy atom. The van der Waals surface area contributed by atoms with Crippen LogP contribution < -0.4 is 5.32 Å². The molecule has 3 heteroatoms. The molecule has 3 aliphatic heterocycles. The fourth-order valence-corrected chi connectivity index (χ4v) is 2.72. The Bertz CT molecular complexity index is 196. The predicted molar refractivity (Wildman–Crippen MR) is 39.8 cm³/mol. The lowest BCUT2D eigenvalue weighted by Crippen LogP contribution is -2.52. The SMILES string of the molecule is O=C1C2CCN1C1CCC2N1. The molecule has 60 valence electrons. The number of hydrogen-bond acceptors (Lipinski definition) is 2. The molecule has 0 radical (unpaired) electrons. The van der Waals surface area contributed by atoms with E-state index >= 15 is 0 Å². The van der Waals surface area contributed by atoms with Crippen molar-refractivity contribution in [1.29, 1.82) is 0 Å². The van der Waals surface area contributed by atoms with Crippen LogP contribution in [0.2, 0.25) is 0 Å². The van der Waals surface area contributed by atoms with E-state index in [2.05, 4.69) is 5.32 Å². The van der Waals surface area contributed by atoms with Crippen LogP contribution in [0.15, 0.2) is 0 Å². The summed E-state index contributed by atoms with van der Waals surface area (Å²) < 4.78 is 0. The van der Waals surface area contributed by atoms with Crippen molar-refractivity contribution in [2.75, 3.05) is 6.54 Å². The maximum atomic E-state index is 11.5. The number of carbonyl (C=O) groups excluding carboxylic acids is 1. The monoisotopic (exact) mass is 152 g/mol. The molecule has 3 fully saturated rings. The van der Waals surface area contributed by atoms with Crippen molar-refractivity contribution >= 4 is 5.91 Å². The van der Waals surface area contributed by atoms with E-state index in [-0.39, 0.29) is 0 Å². The highest BCUT2D eigenvalue weighted by Gasteiger charge is 2.49. The first-order valence-corrected chi connectivity index (χ1v) is 4.43. The number of hydrogen-bond donors (Lipinski definition) is 1. The minimum absolute atomic E-state index is 0.328. The van der Waals surface area contributed by atoms with Crippen molar-refractivity contribution in [2.24, 2.45) is 5.92 Å². The molecular formula is C8H12N2O. The molecule has 0 aromatic rings. The zero-order valence-corrected chi connectivity index (χ0v) is 6.42. The van der Waals surface area contributed by atoms with E-state index in [1.165, 1.54) is 12.8 Å². The predicted octanol–water partition coefficient (Wildman–Crippen LogP) is -0.0734. The van der Waals surface area contributed by atoms with Gasteiger partial charge in [0.2, 0.25) is 5.91 Å². The molecule has 3 atom stereocenters. The normalized spacial score (nSPS) is 47.1. The van der Waals surface area contributed by atoms with Gasteiger partial charge in [0, 0.05) is 12.6 Å². The highest BCUT2D eigenvalue weighted by atomic mass is 16.2. The zero-order valence-electron chi connectivity index (χ0n) is 6.42. The molecule has 0 saturated carbocycles. The first-order chi connectivity index (χ1) is 5.36. The van der Waals surface area contributed by atoms with Crippen molar-refractivity contribution in [3.05, 3.63) is 0 Å². The van der Waals surface area contributed by atoms with Crippen molar-refractivity contribution < 1.29 is 4.79 Å². The molecule has 3 unspecified atom stereocenters. The topological polar surface area (TPSA) is 32.3 Å². The quantitative estimate of drug-likeness (QED) is 0.527. The summed E-state index contributed by atoms with van der Waals surface area (Å²) in [7, 11) is 0. The van der Waals surface area contributed by atoms with Crippen LogP contribution in [0.25, 0.3) is 0 Å². The second-order valence-electron chi connectivity index (χ2n) is 3.79. The molecular weight excluding hydrogens is 140 g/mol. The lowest BCUT2D eigenvalue weighted by atomic mass is 9.97. The number of amides is 1. The zero-order chi connectivity index (χ0) is 7.42.